The molecule has 0 spiro atoms. The van der Waals surface area contributed by atoms with Gasteiger partial charge < -0.3 is 44.3 Å². The molecular weight excluding hydrogens is 728 g/mol. The van der Waals surface area contributed by atoms with Crippen molar-refractivity contribution in [3.63, 3.8) is 0 Å². The van der Waals surface area contributed by atoms with E-state index in [1.807, 2.05) is 19.3 Å². The lowest BCUT2D eigenvalue weighted by Gasteiger charge is -2.59. The predicted octanol–water partition coefficient (Wildman–Crippen LogP) is 3.74. The minimum Gasteiger partial charge on any atom is -0.495 e. The lowest BCUT2D eigenvalue weighted by molar-refractivity contribution is -0.328. The molecule has 0 aromatic heterocycles. The maximum atomic E-state index is 14.1. The van der Waals surface area contributed by atoms with Crippen LogP contribution in [0, 0.1) is 0 Å². The van der Waals surface area contributed by atoms with E-state index in [0.717, 1.165) is 11.1 Å². The molecule has 0 radical (unpaired) electrons. The summed E-state index contributed by atoms with van der Waals surface area (Å²) >= 11 is 8.31. The summed E-state index contributed by atoms with van der Waals surface area (Å²) in [7, 11) is 5.95. The van der Waals surface area contributed by atoms with Crippen LogP contribution in [0.15, 0.2) is 35.9 Å². The number of amides is 3. The number of alkyl carbamates (subject to hydrolysis) is 1. The van der Waals surface area contributed by atoms with E-state index in [1.165, 1.54) is 38.0 Å². The van der Waals surface area contributed by atoms with Gasteiger partial charge in [-0.3, -0.25) is 14.9 Å². The molecule has 7 unspecified atom stereocenters. The van der Waals surface area contributed by atoms with Gasteiger partial charge in [0.2, 0.25) is 11.8 Å². The number of hydrogen-bond acceptors (Lipinski definition) is 12. The number of allylic oxidation sites excluding steroid dienone is 3. The highest BCUT2D eigenvalue weighted by Gasteiger charge is 2.63. The molecule has 1 aromatic carbocycles. The van der Waals surface area contributed by atoms with Crippen LogP contribution in [0.25, 0.3) is 0 Å². The molecule has 2 saturated heterocycles. The van der Waals surface area contributed by atoms with E-state index >= 15 is 0 Å². The first-order chi connectivity index (χ1) is 24.8. The van der Waals surface area contributed by atoms with Crippen molar-refractivity contribution in [3.05, 3.63) is 46.5 Å². The maximum absolute atomic E-state index is 14.1. The van der Waals surface area contributed by atoms with Gasteiger partial charge in [-0.25, -0.2) is 9.59 Å². The Bertz CT molecular complexity index is 1620. The van der Waals surface area contributed by atoms with Gasteiger partial charge >= 0.3 is 12.1 Å². The lowest BCUT2D eigenvalue weighted by Crippen LogP contribution is -2.72. The van der Waals surface area contributed by atoms with Crippen LogP contribution in [-0.4, -0.2) is 122 Å². The number of aliphatic hydroxyl groups is 1. The summed E-state index contributed by atoms with van der Waals surface area (Å²) in [5.74, 6) is -0.596. The number of esters is 1. The molecule has 294 valence electrons. The van der Waals surface area contributed by atoms with Gasteiger partial charge in [0.25, 0.3) is 0 Å². The standard InChI is InChI=1S/C37H53ClN4O10S/c1-21-11-10-12-27(49-8)37(47)19-29(51-34(46)40-37)36(4)20-35(3,52-36)28(50-33(45)22(2)41(5)32(44)24(39)13-14-53-9)18-30(43)42(6)25-16-23(15-21)17-26(48-7)31(25)38/h10-12,16-17,22,24,27-29,47H,13-15,18-20,39H2,1-9H3,(H,40,46)/b12-10+,21-11+/t22-,24?,27?,28?,29?,35?,36?,37?/m0/s1. The number of methoxy groups -OCH3 is 2. The van der Waals surface area contributed by atoms with Crippen molar-refractivity contribution < 1.29 is 48.0 Å². The second-order valence-corrected chi connectivity index (χ2v) is 15.9. The first-order valence-electron chi connectivity index (χ1n) is 17.4. The average molecular weight is 781 g/mol. The molecular formula is C37H53ClN4O10S. The highest BCUT2D eigenvalue weighted by molar-refractivity contribution is 7.98. The van der Waals surface area contributed by atoms with Crippen LogP contribution < -0.4 is 20.7 Å². The number of likely N-dealkylation sites (N-methyl/N-ethyl adjacent to an activating group) is 1. The highest BCUT2D eigenvalue weighted by atomic mass is 35.5. The zero-order chi connectivity index (χ0) is 39.5. The summed E-state index contributed by atoms with van der Waals surface area (Å²) in [5, 5.41) is 14.5. The number of fused-ring (bicyclic) bond motifs is 6. The Morgan fingerprint density at radius 3 is 2.55 bits per heavy atom. The SMILES string of the molecule is COc1cc2cc(c1Cl)N(C)C(=O)CC(OC(=O)[C@H](C)N(C)C(=O)C(N)CCSC)C1(C)CC(C)(O1)C1CC(O)(NC(=O)O1)C(OC)/C=C/C=C(\C)C2. The zero-order valence-electron chi connectivity index (χ0n) is 31.9. The molecule has 3 amide bonds. The lowest BCUT2D eigenvalue weighted by atomic mass is 9.72. The monoisotopic (exact) mass is 780 g/mol. The van der Waals surface area contributed by atoms with Crippen LogP contribution >= 0.6 is 23.4 Å². The molecule has 2 fully saturated rings. The van der Waals surface area contributed by atoms with Gasteiger partial charge in [0.05, 0.1) is 25.3 Å². The minimum absolute atomic E-state index is 0.103. The van der Waals surface area contributed by atoms with Gasteiger partial charge in [-0.05, 0) is 70.2 Å². The molecule has 0 aliphatic carbocycles. The molecule has 1 aromatic rings. The number of carbonyl (C=O) groups is 4. The Kier molecular flexibility index (Phi) is 13.6. The van der Waals surface area contributed by atoms with Crippen LogP contribution in [-0.2, 0) is 39.8 Å². The summed E-state index contributed by atoms with van der Waals surface area (Å²) < 4.78 is 29.5. The number of hydrogen-bond donors (Lipinski definition) is 3. The van der Waals surface area contributed by atoms with Crippen LogP contribution in [0.3, 0.4) is 0 Å². The van der Waals surface area contributed by atoms with Crippen molar-refractivity contribution in [1.29, 1.82) is 0 Å². The van der Waals surface area contributed by atoms with Gasteiger partial charge in [0.15, 0.2) is 5.72 Å². The van der Waals surface area contributed by atoms with Gasteiger partial charge in [0.1, 0.15) is 46.3 Å². The minimum atomic E-state index is -1.86. The Labute approximate surface area is 320 Å². The maximum Gasteiger partial charge on any atom is 0.409 e. The van der Waals surface area contributed by atoms with E-state index in [4.69, 9.17) is 41.0 Å². The molecule has 4 heterocycles. The first kappa shape index (κ1) is 42.4. The van der Waals surface area contributed by atoms with E-state index in [9.17, 15) is 24.3 Å². The number of halogens is 1. The molecule has 53 heavy (non-hydrogen) atoms. The summed E-state index contributed by atoms with van der Waals surface area (Å²) in [4.78, 5) is 56.5. The zero-order valence-corrected chi connectivity index (χ0v) is 33.5. The molecule has 14 nitrogen and oxygen atoms in total. The van der Waals surface area contributed by atoms with Crippen molar-refractivity contribution in [2.75, 3.05) is 45.2 Å². The molecule has 5 rings (SSSR count). The fourth-order valence-electron chi connectivity index (χ4n) is 7.12. The predicted molar refractivity (Wildman–Crippen MR) is 202 cm³/mol. The quantitative estimate of drug-likeness (QED) is 0.310. The van der Waals surface area contributed by atoms with Gasteiger partial charge in [-0.1, -0.05) is 35.4 Å². The summed E-state index contributed by atoms with van der Waals surface area (Å²) in [6.07, 6.45) is 3.80. The smallest absolute Gasteiger partial charge is 0.409 e. The third-order valence-corrected chi connectivity index (χ3v) is 11.4. The summed E-state index contributed by atoms with van der Waals surface area (Å²) in [5.41, 5.74) is 3.94. The van der Waals surface area contributed by atoms with Crippen molar-refractivity contribution in [2.45, 2.75) is 107 Å². The summed E-state index contributed by atoms with van der Waals surface area (Å²) in [6, 6.07) is 1.72. The fourth-order valence-corrected chi connectivity index (χ4v) is 7.92. The third kappa shape index (κ3) is 9.31. The van der Waals surface area contributed by atoms with Crippen LogP contribution in [0.1, 0.15) is 58.9 Å². The Morgan fingerprint density at radius 1 is 1.25 bits per heavy atom. The van der Waals surface area contributed by atoms with Crippen molar-refractivity contribution in [2.24, 2.45) is 5.73 Å². The molecule has 16 heteroatoms. The number of ether oxygens (including phenoxy) is 5. The first-order valence-corrected chi connectivity index (χ1v) is 19.2. The summed E-state index contributed by atoms with van der Waals surface area (Å²) in [6.45, 7) is 6.86. The van der Waals surface area contributed by atoms with E-state index in [0.29, 0.717) is 30.0 Å². The molecule has 4 aliphatic heterocycles. The van der Waals surface area contributed by atoms with Crippen LogP contribution in [0.4, 0.5) is 10.5 Å². The Morgan fingerprint density at radius 2 is 1.92 bits per heavy atom. The molecule has 4 aliphatic rings. The topological polar surface area (TPSA) is 179 Å². The second-order valence-electron chi connectivity index (χ2n) is 14.5. The number of nitrogens with one attached hydrogen (secondary N) is 1. The molecule has 4 N–H and O–H groups in total. The van der Waals surface area contributed by atoms with E-state index in [-0.39, 0.29) is 24.3 Å². The van der Waals surface area contributed by atoms with Crippen molar-refractivity contribution in [1.82, 2.24) is 10.2 Å². The van der Waals surface area contributed by atoms with Gasteiger partial charge in [-0.2, -0.15) is 11.8 Å². The van der Waals surface area contributed by atoms with Crippen LogP contribution in [0.2, 0.25) is 5.02 Å². The highest BCUT2D eigenvalue weighted by Crippen LogP contribution is 2.50. The number of nitrogens with two attached hydrogens (primary N) is 1. The third-order valence-electron chi connectivity index (χ3n) is 10.3. The Hall–Kier alpha value is -3.34. The van der Waals surface area contributed by atoms with Gasteiger partial charge in [-0.15, -0.1) is 0 Å². The number of benzene rings is 1. The van der Waals surface area contributed by atoms with E-state index < -0.39 is 71.2 Å². The van der Waals surface area contributed by atoms with Crippen molar-refractivity contribution in [3.8, 4) is 5.75 Å². The number of anilines is 1. The van der Waals surface area contributed by atoms with E-state index in [1.54, 1.807) is 56.9 Å². The normalized spacial score (nSPS) is 31.8. The molecule has 0 saturated carbocycles. The number of nitrogens with zero attached hydrogens (tertiary/aromatic N) is 2. The van der Waals surface area contributed by atoms with Crippen LogP contribution in [0.5, 0.6) is 5.75 Å². The van der Waals surface area contributed by atoms with E-state index in [2.05, 4.69) is 5.32 Å². The molecule has 8 atom stereocenters. The second kappa shape index (κ2) is 17.0. The fraction of sp³-hybridized carbons (Fsp3) is 0.622. The average Bonchev–Trinajstić information content (AvgIpc) is 3.09. The molecule has 6 bridgehead atoms. The largest absolute Gasteiger partial charge is 0.495 e. The van der Waals surface area contributed by atoms with Crippen molar-refractivity contribution >= 4 is 52.9 Å². The van der Waals surface area contributed by atoms with Gasteiger partial charge in [0, 0.05) is 34.0 Å². The Balaban J connectivity index is 1.75. The number of carbonyl (C=O) groups excluding carboxylic acids is 4. The number of rotatable bonds is 9. The number of thioether (sulfide) groups is 1.